The Bertz CT molecular complexity index is 1150. The molecule has 2 aromatic carbocycles. The van der Waals surface area contributed by atoms with Crippen molar-refractivity contribution in [1.82, 2.24) is 14.9 Å². The maximum atomic E-state index is 13.2. The monoisotopic (exact) mass is 477 g/mol. The molecule has 9 heteroatoms. The number of nitrogens with zero attached hydrogens (tertiary/aromatic N) is 2. The molecule has 0 bridgehead atoms. The Kier molecular flexibility index (Phi) is 8.28. The summed E-state index contributed by atoms with van der Waals surface area (Å²) < 4.78 is 19.8. The zero-order valence-electron chi connectivity index (χ0n) is 18.1. The zero-order chi connectivity index (χ0) is 23.3. The van der Waals surface area contributed by atoms with Gasteiger partial charge in [-0.1, -0.05) is 35.5 Å². The molecule has 3 aromatic rings. The number of hydrogen-bond acceptors (Lipinski definition) is 5. The van der Waals surface area contributed by atoms with E-state index in [1.165, 1.54) is 23.9 Å². The first kappa shape index (κ1) is 24.2. The van der Waals surface area contributed by atoms with E-state index < -0.39 is 5.25 Å². The second-order valence-corrected chi connectivity index (χ2v) is 9.15. The van der Waals surface area contributed by atoms with Gasteiger partial charge < -0.3 is 10.1 Å². The molecule has 2 atom stereocenters. The van der Waals surface area contributed by atoms with Gasteiger partial charge in [-0.05, 0) is 56.2 Å². The fourth-order valence-electron chi connectivity index (χ4n) is 3.21. The second-order valence-electron chi connectivity index (χ2n) is 7.40. The molecule has 32 heavy (non-hydrogen) atoms. The smallest absolute Gasteiger partial charge is 0.262 e. The van der Waals surface area contributed by atoms with E-state index in [0.29, 0.717) is 40.7 Å². The van der Waals surface area contributed by atoms with E-state index in [0.717, 1.165) is 5.56 Å². The maximum absolute atomic E-state index is 13.2. The fourth-order valence-corrected chi connectivity index (χ4v) is 4.32. The molecular weight excluding hydrogens is 453 g/mol. The number of thioether (sulfide) groups is 1. The summed E-state index contributed by atoms with van der Waals surface area (Å²) in [5.41, 5.74) is 1.10. The van der Waals surface area contributed by atoms with Gasteiger partial charge in [0.25, 0.3) is 5.56 Å². The molecule has 6 nitrogen and oxygen atoms in total. The van der Waals surface area contributed by atoms with Crippen LogP contribution in [0.1, 0.15) is 31.9 Å². The Morgan fingerprint density at radius 1 is 1.25 bits per heavy atom. The molecule has 3 rings (SSSR count). The lowest BCUT2D eigenvalue weighted by Crippen LogP contribution is -2.34. The van der Waals surface area contributed by atoms with Gasteiger partial charge in [-0.2, -0.15) is 0 Å². The molecule has 0 aliphatic carbocycles. The Balaban J connectivity index is 1.83. The first-order valence-electron chi connectivity index (χ1n) is 10.2. The highest BCUT2D eigenvalue weighted by atomic mass is 35.5. The van der Waals surface area contributed by atoms with Crippen molar-refractivity contribution < 1.29 is 13.9 Å². The fraction of sp³-hybridized carbons (Fsp3) is 0.348. The quantitative estimate of drug-likeness (QED) is 0.277. The number of ether oxygens (including phenoxy) is 1. The third-order valence-corrected chi connectivity index (χ3v) is 6.32. The van der Waals surface area contributed by atoms with Crippen LogP contribution in [0.4, 0.5) is 4.39 Å². The molecule has 170 valence electrons. The second kappa shape index (κ2) is 10.9. The van der Waals surface area contributed by atoms with Crippen molar-refractivity contribution in [1.29, 1.82) is 0 Å². The molecule has 1 heterocycles. The normalized spacial score (nSPS) is 13.2. The molecule has 0 aliphatic heterocycles. The van der Waals surface area contributed by atoms with Crippen molar-refractivity contribution in [3.63, 3.8) is 0 Å². The molecule has 0 aliphatic rings. The van der Waals surface area contributed by atoms with Gasteiger partial charge in [0.05, 0.1) is 22.2 Å². The first-order chi connectivity index (χ1) is 15.3. The van der Waals surface area contributed by atoms with E-state index in [1.807, 2.05) is 6.92 Å². The summed E-state index contributed by atoms with van der Waals surface area (Å²) in [7, 11) is 1.60. The minimum absolute atomic E-state index is 0.183. The summed E-state index contributed by atoms with van der Waals surface area (Å²) in [6.07, 6.45) is 0.632. The molecule has 0 saturated carbocycles. The molecule has 1 aromatic heterocycles. The summed E-state index contributed by atoms with van der Waals surface area (Å²) in [5, 5.41) is 3.81. The first-order valence-corrected chi connectivity index (χ1v) is 11.5. The van der Waals surface area contributed by atoms with Gasteiger partial charge in [-0.15, -0.1) is 0 Å². The number of hydrogen-bond donors (Lipinski definition) is 1. The van der Waals surface area contributed by atoms with Crippen LogP contribution in [-0.4, -0.2) is 34.4 Å². The van der Waals surface area contributed by atoms with Gasteiger partial charge in [0.1, 0.15) is 5.82 Å². The van der Waals surface area contributed by atoms with Crippen LogP contribution in [0.15, 0.2) is 52.4 Å². The lowest BCUT2D eigenvalue weighted by atomic mass is 10.1. The average molecular weight is 478 g/mol. The van der Waals surface area contributed by atoms with E-state index >= 15 is 0 Å². The third-order valence-electron chi connectivity index (χ3n) is 4.99. The van der Waals surface area contributed by atoms with Crippen LogP contribution in [-0.2, 0) is 16.1 Å². The highest BCUT2D eigenvalue weighted by molar-refractivity contribution is 8.00. The molecular formula is C23H25ClFN3O3S. The molecule has 0 saturated heterocycles. The van der Waals surface area contributed by atoms with E-state index in [2.05, 4.69) is 10.3 Å². The van der Waals surface area contributed by atoms with Crippen LogP contribution in [0, 0.1) is 5.82 Å². The van der Waals surface area contributed by atoms with Gasteiger partial charge in [0, 0.05) is 25.3 Å². The van der Waals surface area contributed by atoms with E-state index in [9.17, 15) is 14.0 Å². The molecule has 1 amide bonds. The van der Waals surface area contributed by atoms with Crippen molar-refractivity contribution in [2.75, 3.05) is 13.7 Å². The van der Waals surface area contributed by atoms with Crippen molar-refractivity contribution in [3.8, 4) is 0 Å². The molecule has 1 N–H and O–H groups in total. The number of amides is 1. The minimum atomic E-state index is -0.518. The highest BCUT2D eigenvalue weighted by Crippen LogP contribution is 2.25. The zero-order valence-corrected chi connectivity index (χ0v) is 19.7. The largest absolute Gasteiger partial charge is 0.385 e. The highest BCUT2D eigenvalue weighted by Gasteiger charge is 2.21. The van der Waals surface area contributed by atoms with Crippen LogP contribution >= 0.6 is 23.4 Å². The standard InChI is InChI=1S/C23H25ClFN3O3S/c1-14(16-5-8-18(25)9-6-16)26-21(29)15(2)32-23-27-20-13-17(24)7-10-19(20)22(30)28(23)11-4-12-31-3/h5-10,13-15H,4,11-12H2,1-3H3,(H,26,29). The summed E-state index contributed by atoms with van der Waals surface area (Å²) in [6.45, 7) is 4.51. The molecule has 2 unspecified atom stereocenters. The third kappa shape index (κ3) is 5.88. The van der Waals surface area contributed by atoms with E-state index in [1.54, 1.807) is 48.9 Å². The number of fused-ring (bicyclic) bond motifs is 1. The number of methoxy groups -OCH3 is 1. The summed E-state index contributed by atoms with van der Waals surface area (Å²) in [5.74, 6) is -0.541. The van der Waals surface area contributed by atoms with Crippen LogP contribution in [0.2, 0.25) is 5.02 Å². The van der Waals surface area contributed by atoms with E-state index in [4.69, 9.17) is 16.3 Å². The van der Waals surface area contributed by atoms with Gasteiger partial charge >= 0.3 is 0 Å². The predicted molar refractivity (Wildman–Crippen MR) is 126 cm³/mol. The lowest BCUT2D eigenvalue weighted by Gasteiger charge is -2.19. The summed E-state index contributed by atoms with van der Waals surface area (Å²) >= 11 is 7.29. The Labute approximate surface area is 195 Å². The van der Waals surface area contributed by atoms with Gasteiger partial charge in [0.2, 0.25) is 5.91 Å². The Hall–Kier alpha value is -2.42. The van der Waals surface area contributed by atoms with Crippen molar-refractivity contribution in [2.45, 2.75) is 43.3 Å². The maximum Gasteiger partial charge on any atom is 0.262 e. The number of nitrogens with one attached hydrogen (secondary N) is 1. The number of aromatic nitrogens is 2. The number of rotatable bonds is 9. The summed E-state index contributed by atoms with van der Waals surface area (Å²) in [4.78, 5) is 30.5. The minimum Gasteiger partial charge on any atom is -0.385 e. The van der Waals surface area contributed by atoms with Crippen molar-refractivity contribution in [3.05, 3.63) is 69.2 Å². The van der Waals surface area contributed by atoms with Crippen LogP contribution in [0.25, 0.3) is 10.9 Å². The van der Waals surface area contributed by atoms with Crippen molar-refractivity contribution >= 4 is 40.2 Å². The Morgan fingerprint density at radius 2 is 1.97 bits per heavy atom. The lowest BCUT2D eigenvalue weighted by molar-refractivity contribution is -0.120. The van der Waals surface area contributed by atoms with Gasteiger partial charge in [-0.25, -0.2) is 9.37 Å². The Morgan fingerprint density at radius 3 is 2.66 bits per heavy atom. The SMILES string of the molecule is COCCCn1c(SC(C)C(=O)NC(C)c2ccc(F)cc2)nc2cc(Cl)ccc2c1=O. The van der Waals surface area contributed by atoms with Crippen LogP contribution in [0.5, 0.6) is 0 Å². The average Bonchev–Trinajstić information content (AvgIpc) is 2.76. The van der Waals surface area contributed by atoms with Gasteiger partial charge in [0.15, 0.2) is 5.16 Å². The number of benzene rings is 2. The predicted octanol–water partition coefficient (Wildman–Crippen LogP) is 4.58. The number of halogens is 2. The number of carbonyl (C=O) groups excluding carboxylic acids is 1. The molecule has 0 spiro atoms. The molecule has 0 fully saturated rings. The van der Waals surface area contributed by atoms with Crippen LogP contribution in [0.3, 0.4) is 0 Å². The number of carbonyl (C=O) groups is 1. The van der Waals surface area contributed by atoms with Gasteiger partial charge in [-0.3, -0.25) is 14.2 Å². The van der Waals surface area contributed by atoms with Crippen LogP contribution < -0.4 is 10.9 Å². The topological polar surface area (TPSA) is 73.2 Å². The summed E-state index contributed by atoms with van der Waals surface area (Å²) in [6, 6.07) is 10.7. The van der Waals surface area contributed by atoms with E-state index in [-0.39, 0.29) is 23.3 Å². The van der Waals surface area contributed by atoms with Crippen molar-refractivity contribution in [2.24, 2.45) is 0 Å². The molecule has 0 radical (unpaired) electrons.